The van der Waals surface area contributed by atoms with Gasteiger partial charge in [-0.25, -0.2) is 16.5 Å². The Labute approximate surface area is 91.9 Å². The van der Waals surface area contributed by atoms with Crippen LogP contribution in [-0.2, 0) is 5.54 Å². The van der Waals surface area contributed by atoms with Crippen LogP contribution in [-0.4, -0.2) is 9.97 Å². The molecule has 0 N–H and O–H groups in total. The first kappa shape index (κ1) is 9.70. The Balaban J connectivity index is 2.46. The molecule has 0 bridgehead atoms. The van der Waals surface area contributed by atoms with E-state index < -0.39 is 5.54 Å². The predicted molar refractivity (Wildman–Crippen MR) is 54.2 cm³/mol. The van der Waals surface area contributed by atoms with Crippen LogP contribution in [0.2, 0.25) is 10.4 Å². The molecule has 3 nitrogen and oxygen atoms in total. The number of nitrogens with zero attached hydrogens (tertiary/aromatic N) is 3. The fourth-order valence-corrected chi connectivity index (χ4v) is 1.97. The minimum Gasteiger partial charge on any atom is -0.303 e. The summed E-state index contributed by atoms with van der Waals surface area (Å²) in [5, 5.41) is 0.414. The van der Waals surface area contributed by atoms with Crippen molar-refractivity contribution < 1.29 is 0 Å². The SMILES string of the molecule is [C-]#[N+]C1(c2cc(Cl)nc(Cl)n2)CCC1. The predicted octanol–water partition coefficient (Wildman–Crippen LogP) is 3.08. The molecule has 72 valence electrons. The zero-order chi connectivity index (χ0) is 10.2. The van der Waals surface area contributed by atoms with Crippen LogP contribution in [0.25, 0.3) is 4.85 Å². The van der Waals surface area contributed by atoms with Gasteiger partial charge in [0, 0.05) is 18.9 Å². The van der Waals surface area contributed by atoms with Crippen molar-refractivity contribution in [1.29, 1.82) is 0 Å². The molecule has 1 aromatic rings. The van der Waals surface area contributed by atoms with E-state index in [1.54, 1.807) is 6.07 Å². The van der Waals surface area contributed by atoms with Gasteiger partial charge in [-0.05, 0) is 18.0 Å². The second-order valence-corrected chi connectivity index (χ2v) is 4.07. The Bertz CT molecular complexity index is 387. The number of rotatable bonds is 1. The van der Waals surface area contributed by atoms with E-state index in [-0.39, 0.29) is 5.28 Å². The summed E-state index contributed by atoms with van der Waals surface area (Å²) in [5.41, 5.74) is 0.166. The summed E-state index contributed by atoms with van der Waals surface area (Å²) in [4.78, 5) is 11.4. The molecule has 1 aliphatic rings. The lowest BCUT2D eigenvalue weighted by Gasteiger charge is -2.29. The van der Waals surface area contributed by atoms with Crippen LogP contribution in [0.5, 0.6) is 0 Å². The third-order valence-electron chi connectivity index (χ3n) is 2.54. The van der Waals surface area contributed by atoms with Gasteiger partial charge in [-0.15, -0.1) is 0 Å². The maximum absolute atomic E-state index is 7.16. The second-order valence-electron chi connectivity index (χ2n) is 3.34. The van der Waals surface area contributed by atoms with Gasteiger partial charge in [0.15, 0.2) is 0 Å². The largest absolute Gasteiger partial charge is 0.303 e. The fraction of sp³-hybridized carbons (Fsp3) is 0.444. The summed E-state index contributed by atoms with van der Waals surface area (Å²) in [7, 11) is 0. The van der Waals surface area contributed by atoms with E-state index in [1.165, 1.54) is 0 Å². The average molecular weight is 228 g/mol. The van der Waals surface area contributed by atoms with Gasteiger partial charge >= 0.3 is 0 Å². The van der Waals surface area contributed by atoms with Gasteiger partial charge in [-0.3, -0.25) is 0 Å². The lowest BCUT2D eigenvalue weighted by molar-refractivity contribution is 0.302. The van der Waals surface area contributed by atoms with Crippen molar-refractivity contribution in [3.8, 4) is 0 Å². The van der Waals surface area contributed by atoms with Crippen molar-refractivity contribution in [2.45, 2.75) is 24.8 Å². The molecular formula is C9H7Cl2N3. The van der Waals surface area contributed by atoms with Crippen LogP contribution in [0, 0.1) is 6.57 Å². The molecule has 0 saturated heterocycles. The summed E-state index contributed by atoms with van der Waals surface area (Å²) in [6.07, 6.45) is 2.72. The zero-order valence-electron chi connectivity index (χ0n) is 7.30. The highest BCUT2D eigenvalue weighted by molar-refractivity contribution is 6.31. The van der Waals surface area contributed by atoms with E-state index in [0.29, 0.717) is 10.8 Å². The number of halogens is 2. The van der Waals surface area contributed by atoms with Crippen LogP contribution >= 0.6 is 23.2 Å². The van der Waals surface area contributed by atoms with Gasteiger partial charge in [-0.1, -0.05) is 11.6 Å². The molecule has 0 radical (unpaired) electrons. The molecule has 0 aromatic carbocycles. The molecule has 5 heteroatoms. The van der Waals surface area contributed by atoms with Crippen molar-refractivity contribution in [3.63, 3.8) is 0 Å². The van der Waals surface area contributed by atoms with Crippen molar-refractivity contribution >= 4 is 23.2 Å². The van der Waals surface area contributed by atoms with Crippen molar-refractivity contribution in [1.82, 2.24) is 9.97 Å². The summed E-state index contributed by atoms with van der Waals surface area (Å²) < 4.78 is 0. The highest BCUT2D eigenvalue weighted by Gasteiger charge is 2.47. The lowest BCUT2D eigenvalue weighted by Crippen LogP contribution is -2.31. The summed E-state index contributed by atoms with van der Waals surface area (Å²) in [5.74, 6) is 0. The molecule has 0 spiro atoms. The Morgan fingerprint density at radius 1 is 1.36 bits per heavy atom. The molecule has 1 saturated carbocycles. The summed E-state index contributed by atoms with van der Waals surface area (Å²) in [6, 6.07) is 1.63. The lowest BCUT2D eigenvalue weighted by atomic mass is 9.75. The molecule has 1 heterocycles. The van der Waals surface area contributed by atoms with Crippen molar-refractivity contribution in [2.75, 3.05) is 0 Å². The number of hydrogen-bond donors (Lipinski definition) is 0. The van der Waals surface area contributed by atoms with E-state index in [1.807, 2.05) is 0 Å². The van der Waals surface area contributed by atoms with E-state index in [9.17, 15) is 0 Å². The Morgan fingerprint density at radius 3 is 2.50 bits per heavy atom. The van der Waals surface area contributed by atoms with Gasteiger partial charge in [0.25, 0.3) is 5.54 Å². The van der Waals surface area contributed by atoms with Gasteiger partial charge in [0.1, 0.15) is 10.8 Å². The van der Waals surface area contributed by atoms with E-state index >= 15 is 0 Å². The highest BCUT2D eigenvalue weighted by atomic mass is 35.5. The minimum absolute atomic E-state index is 0.113. The molecular weight excluding hydrogens is 221 g/mol. The number of aromatic nitrogens is 2. The first-order valence-corrected chi connectivity index (χ1v) is 5.01. The quantitative estimate of drug-likeness (QED) is 0.420. The maximum atomic E-state index is 7.16. The van der Waals surface area contributed by atoms with Crippen molar-refractivity contribution in [2.24, 2.45) is 0 Å². The molecule has 2 rings (SSSR count). The van der Waals surface area contributed by atoms with Gasteiger partial charge in [-0.2, -0.15) is 0 Å². The van der Waals surface area contributed by atoms with Gasteiger partial charge < -0.3 is 4.85 Å². The van der Waals surface area contributed by atoms with Crippen LogP contribution in [0.15, 0.2) is 6.07 Å². The summed E-state index contributed by atoms with van der Waals surface area (Å²) in [6.45, 7) is 7.16. The van der Waals surface area contributed by atoms with Crippen LogP contribution in [0.1, 0.15) is 25.0 Å². The van der Waals surface area contributed by atoms with E-state index in [2.05, 4.69) is 14.8 Å². The standard InChI is InChI=1S/C9H7Cl2N3/c1-12-9(3-2-4-9)6-5-7(10)14-8(11)13-6/h5H,2-4H2. The molecule has 0 unspecified atom stereocenters. The average Bonchev–Trinajstić information content (AvgIpc) is 2.01. The smallest absolute Gasteiger partial charge is 0.274 e. The molecule has 0 atom stereocenters. The Morgan fingerprint density at radius 2 is 2.07 bits per heavy atom. The fourth-order valence-electron chi connectivity index (χ4n) is 1.57. The van der Waals surface area contributed by atoms with Crippen LogP contribution in [0.4, 0.5) is 0 Å². The highest BCUT2D eigenvalue weighted by Crippen LogP contribution is 2.44. The first-order chi connectivity index (χ1) is 6.66. The molecule has 1 aromatic heterocycles. The minimum atomic E-state index is -0.490. The molecule has 1 fully saturated rings. The molecule has 14 heavy (non-hydrogen) atoms. The van der Waals surface area contributed by atoms with Gasteiger partial charge in [0.05, 0.1) is 0 Å². The van der Waals surface area contributed by atoms with Gasteiger partial charge in [0.2, 0.25) is 5.28 Å². The zero-order valence-corrected chi connectivity index (χ0v) is 8.81. The van der Waals surface area contributed by atoms with E-state index in [0.717, 1.165) is 19.3 Å². The third-order valence-corrected chi connectivity index (χ3v) is 2.90. The monoisotopic (exact) mass is 227 g/mol. The molecule has 0 amide bonds. The first-order valence-electron chi connectivity index (χ1n) is 4.25. The van der Waals surface area contributed by atoms with Crippen LogP contribution in [0.3, 0.4) is 0 Å². The molecule has 1 aliphatic carbocycles. The Hall–Kier alpha value is -0.850. The molecule has 0 aliphatic heterocycles. The normalized spacial score (nSPS) is 18.4. The van der Waals surface area contributed by atoms with E-state index in [4.69, 9.17) is 29.8 Å². The Kier molecular flexibility index (Phi) is 2.34. The summed E-state index contributed by atoms with van der Waals surface area (Å²) >= 11 is 11.4. The van der Waals surface area contributed by atoms with Crippen LogP contribution < -0.4 is 0 Å². The maximum Gasteiger partial charge on any atom is 0.274 e. The topological polar surface area (TPSA) is 30.1 Å². The number of hydrogen-bond acceptors (Lipinski definition) is 2. The van der Waals surface area contributed by atoms with Crippen molar-refractivity contribution in [3.05, 3.63) is 33.6 Å². The second kappa shape index (κ2) is 3.38. The third kappa shape index (κ3) is 1.45.